The van der Waals surface area contributed by atoms with E-state index in [-0.39, 0.29) is 23.7 Å². The molecule has 0 fully saturated rings. The zero-order chi connectivity index (χ0) is 10.7. The van der Waals surface area contributed by atoms with Crippen molar-refractivity contribution in [1.29, 1.82) is 0 Å². The van der Waals surface area contributed by atoms with Crippen LogP contribution < -0.4 is 4.74 Å². The van der Waals surface area contributed by atoms with Crippen LogP contribution in [0.5, 0.6) is 11.5 Å². The second-order valence-electron chi connectivity index (χ2n) is 2.80. The van der Waals surface area contributed by atoms with Gasteiger partial charge in [-0.05, 0) is 26.0 Å². The first-order valence-corrected chi connectivity index (χ1v) is 4.22. The van der Waals surface area contributed by atoms with E-state index in [1.807, 2.05) is 0 Å². The summed E-state index contributed by atoms with van der Waals surface area (Å²) in [5, 5.41) is 9.15. The quantitative estimate of drug-likeness (QED) is 0.757. The van der Waals surface area contributed by atoms with Gasteiger partial charge in [-0.1, -0.05) is 0 Å². The summed E-state index contributed by atoms with van der Waals surface area (Å²) in [5.74, 6) is -1.75. The third-order valence-electron chi connectivity index (χ3n) is 1.73. The highest BCUT2D eigenvalue weighted by atomic mass is 19.1. The monoisotopic (exact) mass is 198 g/mol. The molecule has 0 saturated carbocycles. The highest BCUT2D eigenvalue weighted by Crippen LogP contribution is 2.27. The minimum atomic E-state index is -0.836. The highest BCUT2D eigenvalue weighted by molar-refractivity contribution is 5.94. The summed E-state index contributed by atoms with van der Waals surface area (Å²) in [6.45, 7) is 3.30. The van der Waals surface area contributed by atoms with Gasteiger partial charge >= 0.3 is 0 Å². The van der Waals surface area contributed by atoms with Crippen LogP contribution in [0, 0.1) is 5.82 Å². The van der Waals surface area contributed by atoms with Gasteiger partial charge in [-0.25, -0.2) is 0 Å². The predicted octanol–water partition coefficient (Wildman–Crippen LogP) is 2.13. The molecule has 1 rings (SSSR count). The van der Waals surface area contributed by atoms with Crippen molar-refractivity contribution in [3.8, 4) is 11.5 Å². The molecule has 1 N–H and O–H groups in total. The van der Waals surface area contributed by atoms with Crippen molar-refractivity contribution in [1.82, 2.24) is 0 Å². The Balaban J connectivity index is 3.20. The minimum absolute atomic E-state index is 0.0994. The Hall–Kier alpha value is -1.58. The van der Waals surface area contributed by atoms with Crippen LogP contribution >= 0.6 is 0 Å². The highest BCUT2D eigenvalue weighted by Gasteiger charge is 2.12. The van der Waals surface area contributed by atoms with Crippen LogP contribution in [0.15, 0.2) is 12.1 Å². The molecule has 0 bridgehead atoms. The molecule has 0 aliphatic rings. The first-order chi connectivity index (χ1) is 6.56. The number of carbonyl (C=O) groups excluding carboxylic acids is 1. The molecule has 0 saturated heterocycles. The van der Waals surface area contributed by atoms with Crippen LogP contribution in [-0.2, 0) is 0 Å². The Bertz CT molecular complexity index is 361. The van der Waals surface area contributed by atoms with Crippen LogP contribution in [0.4, 0.5) is 4.39 Å². The second-order valence-corrected chi connectivity index (χ2v) is 2.80. The lowest BCUT2D eigenvalue weighted by atomic mass is 10.1. The number of carbonyl (C=O) groups is 1. The molecule has 4 heteroatoms. The first-order valence-electron chi connectivity index (χ1n) is 4.22. The fraction of sp³-hybridized carbons (Fsp3) is 0.300. The fourth-order valence-electron chi connectivity index (χ4n) is 1.05. The molecule has 0 spiro atoms. The smallest absolute Gasteiger partial charge is 0.206 e. The second kappa shape index (κ2) is 4.09. The molecule has 0 unspecified atom stereocenters. The van der Waals surface area contributed by atoms with Gasteiger partial charge in [0.2, 0.25) is 5.82 Å². The zero-order valence-electron chi connectivity index (χ0n) is 8.00. The number of phenolic OH excluding ortho intramolecular Hbond substituents is 1. The number of phenols is 1. The van der Waals surface area contributed by atoms with Gasteiger partial charge in [-0.3, -0.25) is 4.79 Å². The Morgan fingerprint density at radius 1 is 1.57 bits per heavy atom. The Kier molecular flexibility index (Phi) is 3.06. The maximum Gasteiger partial charge on any atom is 0.206 e. The largest absolute Gasteiger partial charge is 0.505 e. The van der Waals surface area contributed by atoms with Crippen molar-refractivity contribution in [2.75, 3.05) is 6.61 Å². The summed E-state index contributed by atoms with van der Waals surface area (Å²) in [5.41, 5.74) is 0.229. The summed E-state index contributed by atoms with van der Waals surface area (Å²) in [4.78, 5) is 11.0. The van der Waals surface area contributed by atoms with Gasteiger partial charge in [-0.2, -0.15) is 4.39 Å². The molecule has 0 heterocycles. The molecule has 14 heavy (non-hydrogen) atoms. The predicted molar refractivity (Wildman–Crippen MR) is 49.2 cm³/mol. The van der Waals surface area contributed by atoms with Crippen molar-refractivity contribution in [2.24, 2.45) is 0 Å². The van der Waals surface area contributed by atoms with Crippen molar-refractivity contribution >= 4 is 5.78 Å². The maximum atomic E-state index is 13.1. The van der Waals surface area contributed by atoms with Crippen LogP contribution in [0.1, 0.15) is 24.2 Å². The molecule has 3 nitrogen and oxygen atoms in total. The lowest BCUT2D eigenvalue weighted by Gasteiger charge is -2.07. The van der Waals surface area contributed by atoms with Gasteiger partial charge in [-0.15, -0.1) is 0 Å². The molecule has 1 aromatic rings. The molecule has 1 aromatic carbocycles. The third-order valence-corrected chi connectivity index (χ3v) is 1.73. The maximum absolute atomic E-state index is 13.1. The number of ether oxygens (including phenoxy) is 1. The van der Waals surface area contributed by atoms with Gasteiger partial charge in [0.15, 0.2) is 17.3 Å². The number of Topliss-reactive ketones (excluding diaryl/α,β-unsaturated/α-hetero) is 1. The molecule has 0 radical (unpaired) electrons. The van der Waals surface area contributed by atoms with Gasteiger partial charge in [0.25, 0.3) is 0 Å². The van der Waals surface area contributed by atoms with Crippen LogP contribution in [0.3, 0.4) is 0 Å². The Morgan fingerprint density at radius 2 is 2.21 bits per heavy atom. The van der Waals surface area contributed by atoms with E-state index in [0.29, 0.717) is 0 Å². The number of benzene rings is 1. The van der Waals surface area contributed by atoms with Crippen LogP contribution in [0.2, 0.25) is 0 Å². The Morgan fingerprint density at radius 3 is 2.71 bits per heavy atom. The zero-order valence-corrected chi connectivity index (χ0v) is 8.00. The van der Waals surface area contributed by atoms with E-state index in [0.717, 1.165) is 6.07 Å². The van der Waals surface area contributed by atoms with Crippen molar-refractivity contribution < 1.29 is 19.0 Å². The lowest BCUT2D eigenvalue weighted by molar-refractivity contribution is 0.101. The van der Waals surface area contributed by atoms with E-state index in [4.69, 9.17) is 9.84 Å². The van der Waals surface area contributed by atoms with E-state index in [1.54, 1.807) is 6.92 Å². The fourth-order valence-corrected chi connectivity index (χ4v) is 1.05. The van der Waals surface area contributed by atoms with Gasteiger partial charge in [0, 0.05) is 5.56 Å². The summed E-state index contributed by atoms with van der Waals surface area (Å²) in [6, 6.07) is 2.36. The normalized spacial score (nSPS) is 9.93. The third kappa shape index (κ3) is 2.02. The standard InChI is InChI=1S/C10H11FO3/c1-3-14-9-5-7(6(2)12)4-8(13)10(9)11/h4-5,13H,3H2,1-2H3. The average Bonchev–Trinajstić information content (AvgIpc) is 2.12. The summed E-state index contributed by atoms with van der Waals surface area (Å²) >= 11 is 0. The molecule has 0 aliphatic carbocycles. The molecule has 0 aromatic heterocycles. The number of hydrogen-bond donors (Lipinski definition) is 1. The van der Waals surface area contributed by atoms with E-state index in [2.05, 4.69) is 0 Å². The number of rotatable bonds is 3. The van der Waals surface area contributed by atoms with E-state index >= 15 is 0 Å². The van der Waals surface area contributed by atoms with Crippen molar-refractivity contribution in [3.63, 3.8) is 0 Å². The molecule has 76 valence electrons. The number of hydrogen-bond acceptors (Lipinski definition) is 3. The van der Waals surface area contributed by atoms with Gasteiger partial charge in [0.1, 0.15) is 0 Å². The lowest BCUT2D eigenvalue weighted by Crippen LogP contribution is -1.99. The summed E-state index contributed by atoms with van der Waals surface area (Å²) in [6.07, 6.45) is 0. The molecular formula is C10H11FO3. The van der Waals surface area contributed by atoms with Crippen molar-refractivity contribution in [2.45, 2.75) is 13.8 Å². The summed E-state index contributed by atoms with van der Waals surface area (Å²) < 4.78 is 18.1. The molecular weight excluding hydrogens is 187 g/mol. The average molecular weight is 198 g/mol. The van der Waals surface area contributed by atoms with Crippen molar-refractivity contribution in [3.05, 3.63) is 23.5 Å². The van der Waals surface area contributed by atoms with Crippen LogP contribution in [-0.4, -0.2) is 17.5 Å². The first kappa shape index (κ1) is 10.5. The molecule has 0 aliphatic heterocycles. The SMILES string of the molecule is CCOc1cc(C(C)=O)cc(O)c1F. The van der Waals surface area contributed by atoms with Crippen LogP contribution in [0.25, 0.3) is 0 Å². The number of aromatic hydroxyl groups is 1. The summed E-state index contributed by atoms with van der Waals surface area (Å²) in [7, 11) is 0. The number of ketones is 1. The molecule has 0 atom stereocenters. The number of halogens is 1. The minimum Gasteiger partial charge on any atom is -0.505 e. The van der Waals surface area contributed by atoms with E-state index in [1.165, 1.54) is 13.0 Å². The van der Waals surface area contributed by atoms with Gasteiger partial charge in [0.05, 0.1) is 6.61 Å². The van der Waals surface area contributed by atoms with E-state index in [9.17, 15) is 9.18 Å². The van der Waals surface area contributed by atoms with Gasteiger partial charge < -0.3 is 9.84 Å². The Labute approximate surface area is 81.1 Å². The topological polar surface area (TPSA) is 46.5 Å². The molecule has 0 amide bonds. The van der Waals surface area contributed by atoms with E-state index < -0.39 is 11.6 Å².